The van der Waals surface area contributed by atoms with E-state index in [1.807, 2.05) is 0 Å². The molecule has 0 amide bonds. The van der Waals surface area contributed by atoms with Gasteiger partial charge in [-0.25, -0.2) is 0 Å². The van der Waals surface area contributed by atoms with Gasteiger partial charge in [-0.1, -0.05) is 0 Å². The number of aliphatic hydroxyl groups excluding tert-OH is 2. The summed E-state index contributed by atoms with van der Waals surface area (Å²) in [6.45, 7) is 2.72. The summed E-state index contributed by atoms with van der Waals surface area (Å²) in [4.78, 5) is 0. The van der Waals surface area contributed by atoms with Crippen molar-refractivity contribution in [2.75, 3.05) is 46.7 Å². The molecule has 3 unspecified atom stereocenters. The van der Waals surface area contributed by atoms with E-state index in [1.54, 1.807) is 7.11 Å². The number of ether oxygens (including phenoxy) is 3. The Kier molecular flexibility index (Phi) is 9.32. The van der Waals surface area contributed by atoms with Crippen LogP contribution in [0.3, 0.4) is 0 Å². The predicted octanol–water partition coefficient (Wildman–Crippen LogP) is -0.470. The van der Waals surface area contributed by atoms with E-state index in [0.717, 1.165) is 19.4 Å². The van der Waals surface area contributed by atoms with E-state index in [4.69, 9.17) is 19.3 Å². The Balaban J connectivity index is 2.03. The molecule has 1 heterocycles. The first-order valence-electron chi connectivity index (χ1n) is 6.96. The summed E-state index contributed by atoms with van der Waals surface area (Å²) in [5.41, 5.74) is 0. The van der Waals surface area contributed by atoms with Gasteiger partial charge in [0.05, 0.1) is 32.0 Å². The molecule has 19 heavy (non-hydrogen) atoms. The van der Waals surface area contributed by atoms with Crippen LogP contribution in [-0.4, -0.2) is 75.2 Å². The minimum Gasteiger partial charge on any atom is -0.396 e. The van der Waals surface area contributed by atoms with Crippen LogP contribution in [0.25, 0.3) is 0 Å². The van der Waals surface area contributed by atoms with Crippen LogP contribution in [-0.2, 0) is 14.2 Å². The Morgan fingerprint density at radius 3 is 2.89 bits per heavy atom. The zero-order valence-electron chi connectivity index (χ0n) is 11.7. The Morgan fingerprint density at radius 2 is 2.26 bits per heavy atom. The number of rotatable bonds is 11. The second-order valence-electron chi connectivity index (χ2n) is 4.90. The molecule has 114 valence electrons. The molecule has 1 fully saturated rings. The number of hydrogen-bond acceptors (Lipinski definition) is 6. The lowest BCUT2D eigenvalue weighted by molar-refractivity contribution is -0.0176. The fourth-order valence-electron chi connectivity index (χ4n) is 2.07. The van der Waals surface area contributed by atoms with Crippen molar-refractivity contribution in [2.45, 2.75) is 37.5 Å². The van der Waals surface area contributed by atoms with Gasteiger partial charge in [0.15, 0.2) is 0 Å². The smallest absolute Gasteiger partial charge is 0.0897 e. The standard InChI is InChI=1S/C13H27NO5/c1-17-8-11(4-5-15)14-7-12(16)9-18-10-13-3-2-6-19-13/h11-16H,2-10H2,1H3. The first kappa shape index (κ1) is 16.8. The topological polar surface area (TPSA) is 80.2 Å². The first-order valence-corrected chi connectivity index (χ1v) is 6.96. The maximum atomic E-state index is 9.78. The Morgan fingerprint density at radius 1 is 1.42 bits per heavy atom. The van der Waals surface area contributed by atoms with Gasteiger partial charge in [-0.05, 0) is 19.3 Å². The molecule has 0 aromatic carbocycles. The third kappa shape index (κ3) is 7.81. The van der Waals surface area contributed by atoms with Crippen LogP contribution in [0.15, 0.2) is 0 Å². The number of methoxy groups -OCH3 is 1. The molecule has 6 nitrogen and oxygen atoms in total. The summed E-state index contributed by atoms with van der Waals surface area (Å²) in [5, 5.41) is 21.8. The van der Waals surface area contributed by atoms with Crippen LogP contribution < -0.4 is 5.32 Å². The third-order valence-electron chi connectivity index (χ3n) is 3.13. The van der Waals surface area contributed by atoms with Gasteiger partial charge in [-0.3, -0.25) is 0 Å². The second-order valence-corrected chi connectivity index (χ2v) is 4.90. The van der Waals surface area contributed by atoms with E-state index in [-0.39, 0.29) is 18.8 Å². The minimum atomic E-state index is -0.556. The summed E-state index contributed by atoms with van der Waals surface area (Å²) >= 11 is 0. The quantitative estimate of drug-likeness (QED) is 0.474. The van der Waals surface area contributed by atoms with E-state index >= 15 is 0 Å². The highest BCUT2D eigenvalue weighted by Crippen LogP contribution is 2.11. The predicted molar refractivity (Wildman–Crippen MR) is 71.2 cm³/mol. The average Bonchev–Trinajstić information content (AvgIpc) is 2.90. The van der Waals surface area contributed by atoms with Gasteiger partial charge in [-0.15, -0.1) is 0 Å². The SMILES string of the molecule is COCC(CCO)NCC(O)COCC1CCCO1. The fourth-order valence-corrected chi connectivity index (χ4v) is 2.07. The van der Waals surface area contributed by atoms with E-state index in [0.29, 0.717) is 32.8 Å². The van der Waals surface area contributed by atoms with Crippen LogP contribution in [0.1, 0.15) is 19.3 Å². The molecule has 1 saturated heterocycles. The van der Waals surface area contributed by atoms with E-state index in [2.05, 4.69) is 5.32 Å². The summed E-state index contributed by atoms with van der Waals surface area (Å²) in [6, 6.07) is 0.0582. The maximum absolute atomic E-state index is 9.78. The molecule has 1 rings (SSSR count). The largest absolute Gasteiger partial charge is 0.396 e. The van der Waals surface area contributed by atoms with Crippen molar-refractivity contribution >= 4 is 0 Å². The van der Waals surface area contributed by atoms with Crippen molar-refractivity contribution in [3.63, 3.8) is 0 Å². The lowest BCUT2D eigenvalue weighted by Gasteiger charge is -2.20. The molecule has 0 saturated carbocycles. The van der Waals surface area contributed by atoms with Crippen molar-refractivity contribution in [2.24, 2.45) is 0 Å². The molecule has 0 aliphatic carbocycles. The van der Waals surface area contributed by atoms with Gasteiger partial charge in [0.25, 0.3) is 0 Å². The molecule has 0 radical (unpaired) electrons. The number of aliphatic hydroxyl groups is 2. The van der Waals surface area contributed by atoms with E-state index in [9.17, 15) is 5.11 Å². The lowest BCUT2D eigenvalue weighted by Crippen LogP contribution is -2.40. The van der Waals surface area contributed by atoms with Gasteiger partial charge in [0.1, 0.15) is 0 Å². The molecule has 1 aliphatic heterocycles. The van der Waals surface area contributed by atoms with Crippen LogP contribution in [0.5, 0.6) is 0 Å². The van der Waals surface area contributed by atoms with Crippen molar-refractivity contribution in [3.05, 3.63) is 0 Å². The number of hydrogen-bond donors (Lipinski definition) is 3. The van der Waals surface area contributed by atoms with Crippen molar-refractivity contribution in [3.8, 4) is 0 Å². The highest BCUT2D eigenvalue weighted by molar-refractivity contribution is 4.69. The highest BCUT2D eigenvalue weighted by Gasteiger charge is 2.16. The van der Waals surface area contributed by atoms with Gasteiger partial charge >= 0.3 is 0 Å². The van der Waals surface area contributed by atoms with Crippen molar-refractivity contribution in [1.29, 1.82) is 0 Å². The Bertz CT molecular complexity index is 205. The zero-order chi connectivity index (χ0) is 13.9. The second kappa shape index (κ2) is 10.5. The molecule has 3 N–H and O–H groups in total. The highest BCUT2D eigenvalue weighted by atomic mass is 16.5. The monoisotopic (exact) mass is 277 g/mol. The molecule has 0 aromatic heterocycles. The number of nitrogens with one attached hydrogen (secondary N) is 1. The lowest BCUT2D eigenvalue weighted by atomic mass is 10.2. The molecular formula is C13H27NO5. The molecule has 0 aromatic rings. The molecule has 1 aliphatic rings. The van der Waals surface area contributed by atoms with Crippen LogP contribution in [0, 0.1) is 0 Å². The zero-order valence-corrected chi connectivity index (χ0v) is 11.7. The molecule has 0 bridgehead atoms. The van der Waals surface area contributed by atoms with Crippen molar-refractivity contribution in [1.82, 2.24) is 5.32 Å². The summed E-state index contributed by atoms with van der Waals surface area (Å²) < 4.78 is 15.9. The van der Waals surface area contributed by atoms with E-state index < -0.39 is 6.10 Å². The Labute approximate surface area is 115 Å². The van der Waals surface area contributed by atoms with Crippen LogP contribution >= 0.6 is 0 Å². The third-order valence-corrected chi connectivity index (χ3v) is 3.13. The molecule has 3 atom stereocenters. The summed E-state index contributed by atoms with van der Waals surface area (Å²) in [6.07, 6.45) is 2.38. The van der Waals surface area contributed by atoms with Crippen LogP contribution in [0.2, 0.25) is 0 Å². The van der Waals surface area contributed by atoms with E-state index in [1.165, 1.54) is 0 Å². The van der Waals surface area contributed by atoms with Gasteiger partial charge < -0.3 is 29.7 Å². The molecule has 0 spiro atoms. The van der Waals surface area contributed by atoms with Gasteiger partial charge in [0, 0.05) is 32.9 Å². The first-order chi connectivity index (χ1) is 9.26. The average molecular weight is 277 g/mol. The summed E-state index contributed by atoms with van der Waals surface area (Å²) in [5.74, 6) is 0. The van der Waals surface area contributed by atoms with Gasteiger partial charge in [-0.2, -0.15) is 0 Å². The van der Waals surface area contributed by atoms with Crippen LogP contribution in [0.4, 0.5) is 0 Å². The normalized spacial score (nSPS) is 22.6. The molecule has 6 heteroatoms. The van der Waals surface area contributed by atoms with Crippen molar-refractivity contribution < 1.29 is 24.4 Å². The minimum absolute atomic E-state index is 0.0582. The molecular weight excluding hydrogens is 250 g/mol. The maximum Gasteiger partial charge on any atom is 0.0897 e. The fraction of sp³-hybridized carbons (Fsp3) is 1.00. The summed E-state index contributed by atoms with van der Waals surface area (Å²) in [7, 11) is 1.62. The Hall–Kier alpha value is -0.240. The van der Waals surface area contributed by atoms with Gasteiger partial charge in [0.2, 0.25) is 0 Å².